The zero-order valence-corrected chi connectivity index (χ0v) is 30.1. The third kappa shape index (κ3) is 9.80. The fourth-order valence-corrected chi connectivity index (χ4v) is 5.97. The summed E-state index contributed by atoms with van der Waals surface area (Å²) in [7, 11) is 0. The van der Waals surface area contributed by atoms with E-state index in [1.807, 2.05) is 18.2 Å². The van der Waals surface area contributed by atoms with Crippen molar-refractivity contribution in [1.29, 1.82) is 0 Å². The van der Waals surface area contributed by atoms with E-state index in [9.17, 15) is 24.0 Å². The summed E-state index contributed by atoms with van der Waals surface area (Å²) in [4.78, 5) is 75.4. The van der Waals surface area contributed by atoms with Crippen LogP contribution in [0.3, 0.4) is 0 Å². The molecule has 1 aromatic heterocycles. The first-order valence-electron chi connectivity index (χ1n) is 17.3. The van der Waals surface area contributed by atoms with E-state index in [0.717, 1.165) is 16.5 Å². The van der Waals surface area contributed by atoms with Crippen LogP contribution in [0.4, 0.5) is 9.59 Å². The SMILES string of the molecule is CC(C)(C)OC(=O)N1CCCC1C(=O)OCCc1ccc2nc(-c3ccc(C(=O)COC(=O)C4CCCN4C(=O)OC(C)(C)C)cc3)ncc2c1. The van der Waals surface area contributed by atoms with E-state index in [0.29, 0.717) is 62.1 Å². The summed E-state index contributed by atoms with van der Waals surface area (Å²) < 4.78 is 21.7. The van der Waals surface area contributed by atoms with Crippen molar-refractivity contribution < 1.29 is 42.9 Å². The standard InChI is InChI=1S/C38H46N4O9/c1-37(2,3)50-35(46)41-18-7-9-29(41)33(44)48-20-17-24-11-16-28-27(21-24)22-39-32(40-28)26-14-12-25(13-15-26)31(43)23-49-34(45)30-10-8-19-42(30)36(47)51-38(4,5)6/h11-16,21-22,29-30H,7-10,17-20,23H2,1-6H3. The molecule has 51 heavy (non-hydrogen) atoms. The number of fused-ring (bicyclic) bond motifs is 1. The molecule has 0 spiro atoms. The molecule has 2 aliphatic rings. The number of benzene rings is 2. The molecule has 0 N–H and O–H groups in total. The van der Waals surface area contributed by atoms with E-state index in [1.165, 1.54) is 9.80 Å². The van der Waals surface area contributed by atoms with Gasteiger partial charge in [-0.15, -0.1) is 0 Å². The summed E-state index contributed by atoms with van der Waals surface area (Å²) in [5, 5.41) is 0.815. The molecule has 2 fully saturated rings. The van der Waals surface area contributed by atoms with E-state index in [1.54, 1.807) is 72.0 Å². The van der Waals surface area contributed by atoms with Gasteiger partial charge in [0.2, 0.25) is 0 Å². The van der Waals surface area contributed by atoms with Gasteiger partial charge in [-0.25, -0.2) is 29.1 Å². The molecule has 13 nitrogen and oxygen atoms in total. The Labute approximate surface area is 297 Å². The summed E-state index contributed by atoms with van der Waals surface area (Å²) in [6.45, 7) is 11.2. The first-order valence-corrected chi connectivity index (χ1v) is 17.3. The number of amides is 2. The highest BCUT2D eigenvalue weighted by Gasteiger charge is 2.39. The Hall–Kier alpha value is -5.07. The Kier molecular flexibility index (Phi) is 11.3. The van der Waals surface area contributed by atoms with Gasteiger partial charge >= 0.3 is 24.1 Å². The molecule has 13 heteroatoms. The van der Waals surface area contributed by atoms with Gasteiger partial charge in [-0.05, 0) is 84.9 Å². The van der Waals surface area contributed by atoms with E-state index in [-0.39, 0.29) is 12.4 Å². The van der Waals surface area contributed by atoms with Crippen LogP contribution >= 0.6 is 0 Å². The second kappa shape index (κ2) is 15.4. The fraction of sp³-hybridized carbons (Fsp3) is 0.500. The molecule has 2 aromatic carbocycles. The van der Waals surface area contributed by atoms with Crippen LogP contribution in [0.1, 0.15) is 83.1 Å². The van der Waals surface area contributed by atoms with Gasteiger partial charge in [0.25, 0.3) is 0 Å². The Morgan fingerprint density at radius 3 is 1.90 bits per heavy atom. The van der Waals surface area contributed by atoms with Gasteiger partial charge in [0, 0.05) is 42.2 Å². The number of aromatic nitrogens is 2. The molecule has 0 bridgehead atoms. The Morgan fingerprint density at radius 1 is 0.765 bits per heavy atom. The van der Waals surface area contributed by atoms with Crippen LogP contribution in [0.5, 0.6) is 0 Å². The summed E-state index contributed by atoms with van der Waals surface area (Å²) in [6.07, 6.45) is 3.46. The molecule has 0 aliphatic carbocycles. The summed E-state index contributed by atoms with van der Waals surface area (Å²) in [5.74, 6) is -0.966. The van der Waals surface area contributed by atoms with Gasteiger partial charge in [0.05, 0.1) is 12.1 Å². The minimum atomic E-state index is -0.783. The summed E-state index contributed by atoms with van der Waals surface area (Å²) >= 11 is 0. The van der Waals surface area contributed by atoms with Crippen LogP contribution in [-0.4, -0.2) is 99.3 Å². The van der Waals surface area contributed by atoms with Crippen molar-refractivity contribution in [2.75, 3.05) is 26.3 Å². The second-order valence-electron chi connectivity index (χ2n) is 14.8. The molecule has 0 radical (unpaired) electrons. The van der Waals surface area contributed by atoms with Gasteiger partial charge in [-0.2, -0.15) is 0 Å². The highest BCUT2D eigenvalue weighted by atomic mass is 16.6. The first-order chi connectivity index (χ1) is 24.1. The zero-order chi connectivity index (χ0) is 36.9. The van der Waals surface area contributed by atoms with Crippen molar-refractivity contribution in [1.82, 2.24) is 19.8 Å². The number of rotatable bonds is 9. The van der Waals surface area contributed by atoms with Crippen LogP contribution < -0.4 is 0 Å². The molecule has 2 amide bonds. The molecular weight excluding hydrogens is 656 g/mol. The molecule has 3 heterocycles. The van der Waals surface area contributed by atoms with Crippen molar-refractivity contribution in [2.45, 2.75) is 96.9 Å². The van der Waals surface area contributed by atoms with Gasteiger partial charge in [0.1, 0.15) is 23.3 Å². The number of carbonyl (C=O) groups excluding carboxylic acids is 5. The van der Waals surface area contributed by atoms with E-state index < -0.39 is 54.0 Å². The smallest absolute Gasteiger partial charge is 0.411 e. The average molecular weight is 703 g/mol. The number of hydrogen-bond donors (Lipinski definition) is 0. The van der Waals surface area contributed by atoms with Gasteiger partial charge in [-0.1, -0.05) is 30.3 Å². The molecular formula is C38H46N4O9. The number of ketones is 1. The van der Waals surface area contributed by atoms with Crippen LogP contribution in [0.15, 0.2) is 48.7 Å². The topological polar surface area (TPSA) is 155 Å². The molecule has 3 aromatic rings. The highest BCUT2D eigenvalue weighted by Crippen LogP contribution is 2.25. The molecule has 2 unspecified atom stereocenters. The maximum atomic E-state index is 12.8. The third-order valence-electron chi connectivity index (χ3n) is 8.40. The average Bonchev–Trinajstić information content (AvgIpc) is 3.77. The number of likely N-dealkylation sites (tertiary alicyclic amines) is 2. The van der Waals surface area contributed by atoms with Gasteiger partial charge in [0.15, 0.2) is 18.2 Å². The monoisotopic (exact) mass is 702 g/mol. The number of ether oxygens (including phenoxy) is 4. The molecule has 0 saturated carbocycles. The van der Waals surface area contributed by atoms with Crippen molar-refractivity contribution in [3.8, 4) is 11.4 Å². The number of nitrogens with zero attached hydrogens (tertiary/aromatic N) is 4. The van der Waals surface area contributed by atoms with E-state index in [4.69, 9.17) is 18.9 Å². The lowest BCUT2D eigenvalue weighted by Crippen LogP contribution is -2.44. The first kappa shape index (κ1) is 37.2. The van der Waals surface area contributed by atoms with Crippen LogP contribution in [0.25, 0.3) is 22.3 Å². The van der Waals surface area contributed by atoms with E-state index >= 15 is 0 Å². The quantitative estimate of drug-likeness (QED) is 0.149. The Morgan fingerprint density at radius 2 is 1.33 bits per heavy atom. The molecule has 2 saturated heterocycles. The van der Waals surface area contributed by atoms with Crippen LogP contribution in [0, 0.1) is 0 Å². The molecule has 5 rings (SSSR count). The summed E-state index contributed by atoms with van der Waals surface area (Å²) in [6, 6.07) is 11.0. The van der Waals surface area contributed by atoms with Crippen LogP contribution in [-0.2, 0) is 35.0 Å². The van der Waals surface area contributed by atoms with Gasteiger partial charge < -0.3 is 18.9 Å². The molecule has 2 aliphatic heterocycles. The third-order valence-corrected chi connectivity index (χ3v) is 8.40. The maximum Gasteiger partial charge on any atom is 0.411 e. The Balaban J connectivity index is 1.12. The lowest BCUT2D eigenvalue weighted by molar-refractivity contribution is -0.149. The van der Waals surface area contributed by atoms with Crippen molar-refractivity contribution in [2.24, 2.45) is 0 Å². The Bertz CT molecular complexity index is 1780. The number of hydrogen-bond acceptors (Lipinski definition) is 11. The van der Waals surface area contributed by atoms with Crippen LogP contribution in [0.2, 0.25) is 0 Å². The van der Waals surface area contributed by atoms with E-state index in [2.05, 4.69) is 9.97 Å². The maximum absolute atomic E-state index is 12.8. The molecule has 272 valence electrons. The minimum absolute atomic E-state index is 0.164. The second-order valence-corrected chi connectivity index (χ2v) is 14.8. The fourth-order valence-electron chi connectivity index (χ4n) is 5.97. The van der Waals surface area contributed by atoms with Crippen molar-refractivity contribution in [3.05, 3.63) is 59.8 Å². The number of esters is 2. The summed E-state index contributed by atoms with van der Waals surface area (Å²) in [5.41, 5.74) is 1.39. The lowest BCUT2D eigenvalue weighted by atomic mass is 10.1. The minimum Gasteiger partial charge on any atom is -0.464 e. The zero-order valence-electron chi connectivity index (χ0n) is 30.1. The van der Waals surface area contributed by atoms with Gasteiger partial charge in [-0.3, -0.25) is 14.6 Å². The number of Topliss-reactive ketones (excluding diaryl/α,β-unsaturated/α-hetero) is 1. The largest absolute Gasteiger partial charge is 0.464 e. The van der Waals surface area contributed by atoms with Crippen molar-refractivity contribution >= 4 is 40.8 Å². The number of carbonyl (C=O) groups is 5. The van der Waals surface area contributed by atoms with Crippen molar-refractivity contribution in [3.63, 3.8) is 0 Å². The molecule has 2 atom stereocenters. The normalized spacial score (nSPS) is 17.7. The predicted octanol–water partition coefficient (Wildman–Crippen LogP) is 5.91. The lowest BCUT2D eigenvalue weighted by Gasteiger charge is -2.27. The highest BCUT2D eigenvalue weighted by molar-refractivity contribution is 5.98. The predicted molar refractivity (Wildman–Crippen MR) is 187 cm³/mol.